The highest BCUT2D eigenvalue weighted by Crippen LogP contribution is 2.23. The van der Waals surface area contributed by atoms with Crippen LogP contribution in [-0.2, 0) is 14.8 Å². The number of hydrogen-bond acceptors (Lipinski definition) is 4. The molecule has 6 nitrogen and oxygen atoms in total. The van der Waals surface area contributed by atoms with Gasteiger partial charge in [0, 0.05) is 6.08 Å². The molecule has 0 bridgehead atoms. The summed E-state index contributed by atoms with van der Waals surface area (Å²) in [6.45, 7) is 3.61. The van der Waals surface area contributed by atoms with Crippen LogP contribution in [0.4, 0.5) is 5.69 Å². The van der Waals surface area contributed by atoms with Crippen molar-refractivity contribution in [3.63, 3.8) is 0 Å². The lowest BCUT2D eigenvalue weighted by molar-refractivity contribution is -0.117. The van der Waals surface area contributed by atoms with Crippen molar-refractivity contribution < 1.29 is 17.6 Å². The Labute approximate surface area is 141 Å². The van der Waals surface area contributed by atoms with Gasteiger partial charge in [0.15, 0.2) is 0 Å². The summed E-state index contributed by atoms with van der Waals surface area (Å²) in [4.78, 5) is 12.0. The smallest absolute Gasteiger partial charge is 0.244 e. The summed E-state index contributed by atoms with van der Waals surface area (Å²) in [6, 6.07) is 10.1. The lowest BCUT2D eigenvalue weighted by Crippen LogP contribution is -2.25. The highest BCUT2D eigenvalue weighted by Gasteiger charge is 2.14. The van der Waals surface area contributed by atoms with E-state index in [-0.39, 0.29) is 11.9 Å². The Balaban J connectivity index is 2.08. The SMILES string of the molecule is Cc1ccc(/C=C/C(=O)N[C@@H](C)c2ccccc2NS(C)(=O)=O)o1. The van der Waals surface area contributed by atoms with Crippen LogP contribution in [0.1, 0.15) is 30.0 Å². The van der Waals surface area contributed by atoms with Crippen molar-refractivity contribution in [3.05, 3.63) is 59.6 Å². The van der Waals surface area contributed by atoms with Gasteiger partial charge in [0.05, 0.1) is 18.0 Å². The number of nitrogens with one attached hydrogen (secondary N) is 2. The number of furan rings is 1. The van der Waals surface area contributed by atoms with Crippen molar-refractivity contribution >= 4 is 27.7 Å². The first-order chi connectivity index (χ1) is 11.2. The number of sulfonamides is 1. The second-order valence-electron chi connectivity index (χ2n) is 5.47. The van der Waals surface area contributed by atoms with Crippen molar-refractivity contribution in [2.45, 2.75) is 19.9 Å². The van der Waals surface area contributed by atoms with E-state index in [4.69, 9.17) is 4.42 Å². The number of aryl methyl sites for hydroxylation is 1. The first-order valence-corrected chi connectivity index (χ1v) is 9.25. The molecule has 0 saturated heterocycles. The standard InChI is InChI=1S/C17H20N2O4S/c1-12-8-9-14(23-12)10-11-17(20)18-13(2)15-6-4-5-7-16(15)19-24(3,21)22/h4-11,13,19H,1-3H3,(H,18,20)/b11-10+/t13-/m0/s1. The molecule has 24 heavy (non-hydrogen) atoms. The monoisotopic (exact) mass is 348 g/mol. The molecular formula is C17H20N2O4S. The summed E-state index contributed by atoms with van der Waals surface area (Å²) in [5.41, 5.74) is 1.12. The number of carbonyl (C=O) groups excluding carboxylic acids is 1. The van der Waals surface area contributed by atoms with Gasteiger partial charge in [0.1, 0.15) is 11.5 Å². The minimum Gasteiger partial charge on any atom is -0.462 e. The van der Waals surface area contributed by atoms with Crippen LogP contribution in [0, 0.1) is 6.92 Å². The van der Waals surface area contributed by atoms with Crippen molar-refractivity contribution in [1.29, 1.82) is 0 Å². The van der Waals surface area contributed by atoms with Crippen molar-refractivity contribution in [1.82, 2.24) is 5.32 Å². The van der Waals surface area contributed by atoms with E-state index in [0.29, 0.717) is 17.0 Å². The fraction of sp³-hybridized carbons (Fsp3) is 0.235. The highest BCUT2D eigenvalue weighted by molar-refractivity contribution is 7.92. The van der Waals surface area contributed by atoms with Gasteiger partial charge in [-0.05, 0) is 43.7 Å². The maximum absolute atomic E-state index is 12.0. The number of benzene rings is 1. The molecule has 2 aromatic rings. The highest BCUT2D eigenvalue weighted by atomic mass is 32.2. The fourth-order valence-corrected chi connectivity index (χ4v) is 2.79. The zero-order chi connectivity index (χ0) is 17.7. The van der Waals surface area contributed by atoms with E-state index in [9.17, 15) is 13.2 Å². The van der Waals surface area contributed by atoms with Gasteiger partial charge in [-0.25, -0.2) is 8.42 Å². The second-order valence-corrected chi connectivity index (χ2v) is 7.22. The lowest BCUT2D eigenvalue weighted by atomic mass is 10.1. The molecule has 2 rings (SSSR count). The van der Waals surface area contributed by atoms with Crippen LogP contribution in [0.15, 0.2) is 46.9 Å². The van der Waals surface area contributed by atoms with E-state index >= 15 is 0 Å². The molecule has 2 N–H and O–H groups in total. The minimum absolute atomic E-state index is 0.300. The van der Waals surface area contributed by atoms with E-state index < -0.39 is 10.0 Å². The summed E-state index contributed by atoms with van der Waals surface area (Å²) in [6.07, 6.45) is 4.04. The van der Waals surface area contributed by atoms with Gasteiger partial charge in [-0.3, -0.25) is 9.52 Å². The Hall–Kier alpha value is -2.54. The molecule has 0 unspecified atom stereocenters. The molecule has 0 radical (unpaired) electrons. The van der Waals surface area contributed by atoms with Crippen LogP contribution in [0.3, 0.4) is 0 Å². The van der Waals surface area contributed by atoms with Gasteiger partial charge < -0.3 is 9.73 Å². The molecule has 1 aromatic heterocycles. The topological polar surface area (TPSA) is 88.4 Å². The molecular weight excluding hydrogens is 328 g/mol. The molecule has 1 atom stereocenters. The van der Waals surface area contributed by atoms with Gasteiger partial charge in [-0.1, -0.05) is 18.2 Å². The van der Waals surface area contributed by atoms with Crippen molar-refractivity contribution in [2.75, 3.05) is 11.0 Å². The Bertz CT molecular complexity index is 853. The Morgan fingerprint density at radius 3 is 2.54 bits per heavy atom. The number of carbonyl (C=O) groups is 1. The lowest BCUT2D eigenvalue weighted by Gasteiger charge is -2.17. The van der Waals surface area contributed by atoms with Crippen molar-refractivity contribution in [3.8, 4) is 0 Å². The van der Waals surface area contributed by atoms with E-state index in [1.807, 2.05) is 13.0 Å². The molecule has 128 valence electrons. The van der Waals surface area contributed by atoms with E-state index in [2.05, 4.69) is 10.0 Å². The Morgan fingerprint density at radius 2 is 1.92 bits per heavy atom. The third kappa shape index (κ3) is 5.27. The number of rotatable bonds is 6. The average Bonchev–Trinajstić information content (AvgIpc) is 2.89. The van der Waals surface area contributed by atoms with Crippen LogP contribution in [0.5, 0.6) is 0 Å². The summed E-state index contributed by atoms with van der Waals surface area (Å²) < 4.78 is 30.7. The van der Waals surface area contributed by atoms with Crippen molar-refractivity contribution in [2.24, 2.45) is 0 Å². The average molecular weight is 348 g/mol. The third-order valence-corrected chi connectivity index (χ3v) is 3.83. The zero-order valence-corrected chi connectivity index (χ0v) is 14.6. The molecule has 0 fully saturated rings. The second kappa shape index (κ2) is 7.35. The van der Waals surface area contributed by atoms with E-state index in [0.717, 1.165) is 12.0 Å². The number of amides is 1. The molecule has 0 spiro atoms. The Morgan fingerprint density at radius 1 is 1.21 bits per heavy atom. The molecule has 0 aliphatic carbocycles. The summed E-state index contributed by atoms with van der Waals surface area (Å²) in [5, 5.41) is 2.80. The first-order valence-electron chi connectivity index (χ1n) is 7.36. The molecule has 1 heterocycles. The summed E-state index contributed by atoms with van der Waals surface area (Å²) >= 11 is 0. The van der Waals surface area contributed by atoms with Crippen LogP contribution in [0.25, 0.3) is 6.08 Å². The third-order valence-electron chi connectivity index (χ3n) is 3.24. The normalized spacial score (nSPS) is 13.0. The number of anilines is 1. The molecule has 0 saturated carbocycles. The molecule has 1 amide bonds. The van der Waals surface area contributed by atoms with Crippen LogP contribution >= 0.6 is 0 Å². The van der Waals surface area contributed by atoms with Gasteiger partial charge >= 0.3 is 0 Å². The maximum atomic E-state index is 12.0. The summed E-state index contributed by atoms with van der Waals surface area (Å²) in [5.74, 6) is 1.06. The first kappa shape index (κ1) is 17.8. The Kier molecular flexibility index (Phi) is 5.46. The molecule has 0 aliphatic rings. The van der Waals surface area contributed by atoms with Crippen LogP contribution in [-0.4, -0.2) is 20.6 Å². The van der Waals surface area contributed by atoms with Crippen LogP contribution in [0.2, 0.25) is 0 Å². The van der Waals surface area contributed by atoms with Gasteiger partial charge in [-0.15, -0.1) is 0 Å². The van der Waals surface area contributed by atoms with Gasteiger partial charge in [0.25, 0.3) is 0 Å². The van der Waals surface area contributed by atoms with E-state index in [1.165, 1.54) is 6.08 Å². The zero-order valence-electron chi connectivity index (χ0n) is 13.7. The molecule has 1 aromatic carbocycles. The molecule has 0 aliphatic heterocycles. The van der Waals surface area contributed by atoms with Gasteiger partial charge in [0.2, 0.25) is 15.9 Å². The quantitative estimate of drug-likeness (QED) is 0.786. The minimum atomic E-state index is -3.39. The number of para-hydroxylation sites is 1. The predicted molar refractivity (Wildman–Crippen MR) is 93.9 cm³/mol. The summed E-state index contributed by atoms with van der Waals surface area (Å²) in [7, 11) is -3.39. The largest absolute Gasteiger partial charge is 0.462 e. The van der Waals surface area contributed by atoms with Gasteiger partial charge in [-0.2, -0.15) is 0 Å². The molecule has 7 heteroatoms. The number of hydrogen-bond donors (Lipinski definition) is 2. The maximum Gasteiger partial charge on any atom is 0.244 e. The van der Waals surface area contributed by atoms with Crippen LogP contribution < -0.4 is 10.0 Å². The van der Waals surface area contributed by atoms with E-state index in [1.54, 1.807) is 43.3 Å². The fourth-order valence-electron chi connectivity index (χ4n) is 2.21. The predicted octanol–water partition coefficient (Wildman–Crippen LogP) is 2.85.